The van der Waals surface area contributed by atoms with Gasteiger partial charge in [0, 0.05) is 29.3 Å². The number of benzene rings is 4. The quantitative estimate of drug-likeness (QED) is 0.0862. The second kappa shape index (κ2) is 16.2. The van der Waals surface area contributed by atoms with Crippen molar-refractivity contribution in [2.45, 2.75) is 63.2 Å². The van der Waals surface area contributed by atoms with E-state index in [4.69, 9.17) is 5.73 Å². The first kappa shape index (κ1) is 39.8. The number of hydrogen-bond donors (Lipinski definition) is 7. The Morgan fingerprint density at radius 2 is 1.55 bits per heavy atom. The van der Waals surface area contributed by atoms with Gasteiger partial charge < -0.3 is 36.5 Å². The van der Waals surface area contributed by atoms with E-state index in [2.05, 4.69) is 20.9 Å². The first-order valence-electron chi connectivity index (χ1n) is 18.7. The Bertz CT molecular complexity index is 2460. The lowest BCUT2D eigenvalue weighted by Crippen LogP contribution is -2.57. The van der Waals surface area contributed by atoms with Crippen molar-refractivity contribution in [3.05, 3.63) is 136 Å². The summed E-state index contributed by atoms with van der Waals surface area (Å²) in [7, 11) is -5.04. The van der Waals surface area contributed by atoms with Crippen LogP contribution in [0.1, 0.15) is 74.0 Å². The first-order valence-corrected chi connectivity index (χ1v) is 20.3. The third-order valence-electron chi connectivity index (χ3n) is 10.5. The third kappa shape index (κ3) is 8.33. The van der Waals surface area contributed by atoms with Gasteiger partial charge in [0.25, 0.3) is 11.4 Å². The Hall–Kier alpha value is -6.41. The predicted molar refractivity (Wildman–Crippen MR) is 214 cm³/mol. The van der Waals surface area contributed by atoms with E-state index in [1.54, 1.807) is 0 Å². The summed E-state index contributed by atoms with van der Waals surface area (Å²) in [5.41, 5.74) is 9.03. The fourth-order valence-electron chi connectivity index (χ4n) is 7.75. The van der Waals surface area contributed by atoms with Crippen LogP contribution in [0.15, 0.2) is 97.1 Å². The molecule has 4 aromatic carbocycles. The van der Waals surface area contributed by atoms with Gasteiger partial charge in [0.1, 0.15) is 23.8 Å². The number of nitrogens with one attached hydrogen (secondary N) is 4. The van der Waals surface area contributed by atoms with Crippen molar-refractivity contribution < 1.29 is 43.1 Å². The molecule has 2 aliphatic heterocycles. The van der Waals surface area contributed by atoms with Crippen LogP contribution in [-0.4, -0.2) is 68.0 Å². The summed E-state index contributed by atoms with van der Waals surface area (Å²) >= 11 is 0. The van der Waals surface area contributed by atoms with E-state index in [1.807, 2.05) is 79.7 Å². The van der Waals surface area contributed by atoms with Crippen LogP contribution in [0.25, 0.3) is 10.9 Å². The molecule has 0 unspecified atom stereocenters. The highest BCUT2D eigenvalue weighted by Gasteiger charge is 2.45. The van der Waals surface area contributed by atoms with E-state index < -0.39 is 66.8 Å². The number of nitrogens with two attached hydrogens (primary N) is 1. The fourth-order valence-corrected chi connectivity index (χ4v) is 8.23. The Morgan fingerprint density at radius 1 is 0.897 bits per heavy atom. The van der Waals surface area contributed by atoms with E-state index in [-0.39, 0.29) is 36.9 Å². The number of fused-ring (bicyclic) bond motifs is 1. The van der Waals surface area contributed by atoms with Gasteiger partial charge in [0.15, 0.2) is 0 Å². The molecule has 8 N–H and O–H groups in total. The van der Waals surface area contributed by atoms with E-state index in [9.17, 15) is 43.1 Å². The first-order chi connectivity index (χ1) is 27.7. The van der Waals surface area contributed by atoms with Crippen LogP contribution in [0, 0.1) is 6.92 Å². The molecule has 5 amide bonds. The second-order valence-electron chi connectivity index (χ2n) is 14.6. The zero-order chi connectivity index (χ0) is 41.3. The zero-order valence-corrected chi connectivity index (χ0v) is 32.2. The number of nitrogens with zero attached hydrogens (tertiary/aromatic N) is 1. The summed E-state index contributed by atoms with van der Waals surface area (Å²) in [6, 6.07) is 23.8. The monoisotopic (exact) mass is 804 g/mol. The Morgan fingerprint density at radius 3 is 2.19 bits per heavy atom. The summed E-state index contributed by atoms with van der Waals surface area (Å²) < 4.78 is 11.5. The SMILES string of the molecule is Cc1cc2c3c(c1)C[C@@H](C(=O)N[C@@H](CCC(N)=O)C(=O)NC(c1ccccc1)c1ccccc1)N3C(=O)[C@@H](NC(=O)c1cc3cc(C(=O)P(=O)(O)O)ccc3[nH]1)CC2. The highest BCUT2D eigenvalue weighted by atomic mass is 31.2. The minimum absolute atomic E-state index is 0.0326. The van der Waals surface area contributed by atoms with Crippen molar-refractivity contribution in [2.75, 3.05) is 4.90 Å². The maximum Gasteiger partial charge on any atom is 0.396 e. The molecule has 16 heteroatoms. The number of primary amides is 1. The molecule has 0 saturated heterocycles. The van der Waals surface area contributed by atoms with Gasteiger partial charge in [0.2, 0.25) is 23.6 Å². The number of H-pyrrole nitrogens is 1. The molecule has 3 heterocycles. The lowest BCUT2D eigenvalue weighted by Gasteiger charge is -2.29. The number of carbonyl (C=O) groups is 6. The van der Waals surface area contributed by atoms with Crippen molar-refractivity contribution in [1.82, 2.24) is 20.9 Å². The van der Waals surface area contributed by atoms with Crippen molar-refractivity contribution in [1.29, 1.82) is 0 Å². The topological polar surface area (TPSA) is 241 Å². The molecule has 298 valence electrons. The predicted octanol–water partition coefficient (Wildman–Crippen LogP) is 3.45. The summed E-state index contributed by atoms with van der Waals surface area (Å²) in [5.74, 6) is -3.03. The molecule has 3 atom stereocenters. The van der Waals surface area contributed by atoms with E-state index in [1.165, 1.54) is 29.2 Å². The molecule has 0 fully saturated rings. The minimum Gasteiger partial charge on any atom is -0.370 e. The van der Waals surface area contributed by atoms with Gasteiger partial charge in [-0.2, -0.15) is 0 Å². The average molecular weight is 805 g/mol. The van der Waals surface area contributed by atoms with E-state index in [0.717, 1.165) is 27.8 Å². The fraction of sp³-hybridized carbons (Fsp3) is 0.238. The Labute approximate surface area is 332 Å². The number of anilines is 1. The molecule has 0 radical (unpaired) electrons. The molecule has 0 saturated carbocycles. The van der Waals surface area contributed by atoms with Crippen molar-refractivity contribution >= 4 is 59.2 Å². The molecule has 1 aromatic heterocycles. The molecule has 58 heavy (non-hydrogen) atoms. The van der Waals surface area contributed by atoms with Crippen molar-refractivity contribution in [3.63, 3.8) is 0 Å². The van der Waals surface area contributed by atoms with E-state index >= 15 is 0 Å². The van der Waals surface area contributed by atoms with Gasteiger partial charge >= 0.3 is 7.60 Å². The third-order valence-corrected chi connectivity index (χ3v) is 11.3. The normalized spacial score (nSPS) is 16.7. The highest BCUT2D eigenvalue weighted by molar-refractivity contribution is 7.70. The van der Waals surface area contributed by atoms with Crippen molar-refractivity contribution in [2.24, 2.45) is 5.73 Å². The molecule has 5 aromatic rings. The second-order valence-corrected chi connectivity index (χ2v) is 16.1. The number of hydrogen-bond acceptors (Lipinski definition) is 7. The summed E-state index contributed by atoms with van der Waals surface area (Å²) in [6.07, 6.45) is 0.451. The van der Waals surface area contributed by atoms with Crippen LogP contribution >= 0.6 is 7.60 Å². The number of aromatic amines is 1. The standard InChI is InChI=1S/C42H41N6O9P/c1-23-18-26-12-15-32(46-39(51)33-21-28-20-27(13-14-30(28)44-33)42(54)58(55,56)57)41(53)48-34(22-29(19-23)37(26)48)40(52)45-31(16-17-35(43)49)38(50)47-36(24-8-4-2-5-9-24)25-10-6-3-7-11-25/h2-11,13-14,18-21,31-32,34,36,44H,12,15-17,22H2,1H3,(H2,43,49)(H,45,52)(H,46,51)(H,47,50)(H2,55,56,57)/t31-,32-,34-/m0/s1. The number of amides is 5. The lowest BCUT2D eigenvalue weighted by atomic mass is 9.97. The molecule has 0 spiro atoms. The van der Waals surface area contributed by atoms with Crippen LogP contribution in [0.4, 0.5) is 5.69 Å². The number of aryl methyl sites for hydroxylation is 2. The molecule has 0 aliphatic carbocycles. The number of carbonyl (C=O) groups excluding carboxylic acids is 6. The van der Waals surface area contributed by atoms with Gasteiger partial charge in [-0.1, -0.05) is 78.4 Å². The summed E-state index contributed by atoms with van der Waals surface area (Å²) in [4.78, 5) is 104. The van der Waals surface area contributed by atoms with Crippen molar-refractivity contribution in [3.8, 4) is 0 Å². The van der Waals surface area contributed by atoms with E-state index in [0.29, 0.717) is 23.0 Å². The molecular weight excluding hydrogens is 763 g/mol. The smallest absolute Gasteiger partial charge is 0.370 e. The number of aromatic nitrogens is 1. The highest BCUT2D eigenvalue weighted by Crippen LogP contribution is 2.41. The zero-order valence-electron chi connectivity index (χ0n) is 31.3. The average Bonchev–Trinajstić information content (AvgIpc) is 3.78. The maximum absolute atomic E-state index is 14.5. The van der Waals surface area contributed by atoms with Gasteiger partial charge in [-0.3, -0.25) is 38.2 Å². The molecule has 2 aliphatic rings. The molecule has 7 rings (SSSR count). The van der Waals surface area contributed by atoms with Crippen LogP contribution in [0.3, 0.4) is 0 Å². The van der Waals surface area contributed by atoms with Crippen LogP contribution in [0.2, 0.25) is 0 Å². The van der Waals surface area contributed by atoms with Crippen LogP contribution in [-0.2, 0) is 36.6 Å². The van der Waals surface area contributed by atoms with Gasteiger partial charge in [-0.15, -0.1) is 0 Å². The molecule has 15 nitrogen and oxygen atoms in total. The van der Waals surface area contributed by atoms with Gasteiger partial charge in [-0.05, 0) is 72.7 Å². The molecule has 0 bridgehead atoms. The van der Waals surface area contributed by atoms with Crippen LogP contribution < -0.4 is 26.6 Å². The Kier molecular flexibility index (Phi) is 11.1. The number of rotatable bonds is 13. The lowest BCUT2D eigenvalue weighted by molar-refractivity contribution is -0.131. The minimum atomic E-state index is -5.04. The maximum atomic E-state index is 14.5. The summed E-state index contributed by atoms with van der Waals surface area (Å²) in [6.45, 7) is 1.91. The van der Waals surface area contributed by atoms with Gasteiger partial charge in [0.05, 0.1) is 11.7 Å². The largest absolute Gasteiger partial charge is 0.396 e. The summed E-state index contributed by atoms with van der Waals surface area (Å²) in [5, 5.41) is 8.99. The van der Waals surface area contributed by atoms with Crippen LogP contribution in [0.5, 0.6) is 0 Å². The molecular formula is C42H41N6O9P. The Balaban J connectivity index is 1.14. The van der Waals surface area contributed by atoms with Gasteiger partial charge in [-0.25, -0.2) is 0 Å².